The Labute approximate surface area is 121 Å². The van der Waals surface area contributed by atoms with Crippen LogP contribution in [-0.2, 0) is 0 Å². The van der Waals surface area contributed by atoms with E-state index < -0.39 is 0 Å². The van der Waals surface area contributed by atoms with E-state index in [2.05, 4.69) is 33.0 Å². The molecule has 0 aliphatic carbocycles. The summed E-state index contributed by atoms with van der Waals surface area (Å²) in [6, 6.07) is 0.607. The molecule has 0 heterocycles. The molecule has 0 aromatic carbocycles. The van der Waals surface area contributed by atoms with Gasteiger partial charge in [0.15, 0.2) is 0 Å². The zero-order valence-corrected chi connectivity index (χ0v) is 13.9. The van der Waals surface area contributed by atoms with E-state index in [0.29, 0.717) is 11.5 Å². The van der Waals surface area contributed by atoms with E-state index >= 15 is 0 Å². The summed E-state index contributed by atoms with van der Waals surface area (Å²) >= 11 is 0. The summed E-state index contributed by atoms with van der Waals surface area (Å²) in [7, 11) is 0. The van der Waals surface area contributed by atoms with Crippen LogP contribution in [0.2, 0.25) is 0 Å². The molecule has 0 saturated heterocycles. The van der Waals surface area contributed by atoms with Crippen LogP contribution < -0.4 is 11.1 Å². The molecule has 0 spiro atoms. The Morgan fingerprint density at radius 3 is 1.63 bits per heavy atom. The number of nitrogens with one attached hydrogen (secondary N) is 1. The van der Waals surface area contributed by atoms with Crippen LogP contribution in [0.3, 0.4) is 0 Å². The molecule has 0 aliphatic heterocycles. The van der Waals surface area contributed by atoms with Crippen molar-refractivity contribution in [1.29, 1.82) is 0 Å². The van der Waals surface area contributed by atoms with Crippen molar-refractivity contribution in [3.63, 3.8) is 0 Å². The molecule has 0 bridgehead atoms. The van der Waals surface area contributed by atoms with Crippen molar-refractivity contribution >= 4 is 0 Å². The molecule has 0 amide bonds. The van der Waals surface area contributed by atoms with Crippen LogP contribution in [-0.4, -0.2) is 19.1 Å². The molecule has 116 valence electrons. The summed E-state index contributed by atoms with van der Waals surface area (Å²) in [5.41, 5.74) is 5.86. The highest BCUT2D eigenvalue weighted by atomic mass is 14.9. The molecular weight excluding hydrogens is 232 g/mol. The number of rotatable bonds is 12. The highest BCUT2D eigenvalue weighted by molar-refractivity contribution is 4.75. The Bertz CT molecular complexity index is 184. The number of unbranched alkanes of at least 4 members (excludes halogenated alkanes) is 8. The monoisotopic (exact) mass is 270 g/mol. The Morgan fingerprint density at radius 2 is 1.21 bits per heavy atom. The highest BCUT2D eigenvalue weighted by Gasteiger charge is 2.18. The molecule has 0 aromatic heterocycles. The Kier molecular flexibility index (Phi) is 11.7. The van der Waals surface area contributed by atoms with Gasteiger partial charge in [0.05, 0.1) is 0 Å². The lowest BCUT2D eigenvalue weighted by atomic mass is 9.88. The van der Waals surface area contributed by atoms with Crippen molar-refractivity contribution in [1.82, 2.24) is 5.32 Å². The van der Waals surface area contributed by atoms with Gasteiger partial charge < -0.3 is 11.1 Å². The van der Waals surface area contributed by atoms with Gasteiger partial charge in [-0.1, -0.05) is 65.7 Å². The first-order valence-electron chi connectivity index (χ1n) is 8.42. The van der Waals surface area contributed by atoms with E-state index in [9.17, 15) is 0 Å². The van der Waals surface area contributed by atoms with E-state index in [-0.39, 0.29) is 0 Å². The maximum absolute atomic E-state index is 5.48. The fourth-order valence-corrected chi connectivity index (χ4v) is 2.13. The Hall–Kier alpha value is -0.0800. The van der Waals surface area contributed by atoms with Crippen molar-refractivity contribution in [2.24, 2.45) is 11.1 Å². The molecule has 1 unspecified atom stereocenters. The fraction of sp³-hybridized carbons (Fsp3) is 1.00. The van der Waals surface area contributed by atoms with Gasteiger partial charge in [-0.3, -0.25) is 0 Å². The van der Waals surface area contributed by atoms with Gasteiger partial charge in [-0.2, -0.15) is 0 Å². The van der Waals surface area contributed by atoms with Gasteiger partial charge in [-0.05, 0) is 38.3 Å². The van der Waals surface area contributed by atoms with Gasteiger partial charge >= 0.3 is 0 Å². The molecule has 2 heteroatoms. The van der Waals surface area contributed by atoms with E-state index in [1.54, 1.807) is 0 Å². The lowest BCUT2D eigenvalue weighted by Crippen LogP contribution is -2.38. The van der Waals surface area contributed by atoms with Gasteiger partial charge in [0.25, 0.3) is 0 Å². The number of nitrogens with two attached hydrogens (primary N) is 1. The van der Waals surface area contributed by atoms with E-state index in [1.807, 2.05) is 0 Å². The predicted octanol–water partition coefficient (Wildman–Crippen LogP) is 4.48. The van der Waals surface area contributed by atoms with E-state index in [0.717, 1.165) is 6.54 Å². The van der Waals surface area contributed by atoms with Crippen LogP contribution in [0.25, 0.3) is 0 Å². The van der Waals surface area contributed by atoms with E-state index in [1.165, 1.54) is 64.3 Å². The zero-order chi connectivity index (χ0) is 14.6. The topological polar surface area (TPSA) is 38.0 Å². The minimum Gasteiger partial charge on any atom is -0.330 e. The average Bonchev–Trinajstić information content (AvgIpc) is 2.34. The summed E-state index contributed by atoms with van der Waals surface area (Å²) in [6.07, 6.45) is 12.3. The molecule has 2 nitrogen and oxygen atoms in total. The molecular formula is C17H38N2. The largest absolute Gasteiger partial charge is 0.330 e. The average molecular weight is 271 g/mol. The third-order valence-corrected chi connectivity index (χ3v) is 4.13. The maximum atomic E-state index is 5.48. The molecule has 19 heavy (non-hydrogen) atoms. The second-order valence-electron chi connectivity index (χ2n) is 7.01. The molecule has 1 atom stereocenters. The van der Waals surface area contributed by atoms with Crippen molar-refractivity contribution in [3.05, 3.63) is 0 Å². The summed E-state index contributed by atoms with van der Waals surface area (Å²) in [4.78, 5) is 0. The highest BCUT2D eigenvalue weighted by Crippen LogP contribution is 2.18. The van der Waals surface area contributed by atoms with Crippen LogP contribution in [0.15, 0.2) is 0 Å². The first-order valence-corrected chi connectivity index (χ1v) is 8.42. The third kappa shape index (κ3) is 12.7. The first-order chi connectivity index (χ1) is 8.98. The molecule has 0 aromatic rings. The molecule has 0 rings (SSSR count). The van der Waals surface area contributed by atoms with E-state index in [4.69, 9.17) is 5.73 Å². The Balaban J connectivity index is 3.15. The smallest absolute Gasteiger partial charge is 0.00872 e. The van der Waals surface area contributed by atoms with Gasteiger partial charge in [0.1, 0.15) is 0 Å². The van der Waals surface area contributed by atoms with Crippen LogP contribution in [0, 0.1) is 5.41 Å². The van der Waals surface area contributed by atoms with Crippen molar-refractivity contribution in [2.75, 3.05) is 13.1 Å². The van der Waals surface area contributed by atoms with Crippen LogP contribution >= 0.6 is 0 Å². The Morgan fingerprint density at radius 1 is 0.789 bits per heavy atom. The quantitative estimate of drug-likeness (QED) is 0.513. The van der Waals surface area contributed by atoms with Crippen molar-refractivity contribution in [3.8, 4) is 0 Å². The summed E-state index contributed by atoms with van der Waals surface area (Å²) in [5.74, 6) is 0. The van der Waals surface area contributed by atoms with Gasteiger partial charge in [-0.15, -0.1) is 0 Å². The van der Waals surface area contributed by atoms with Crippen molar-refractivity contribution in [2.45, 2.75) is 91.5 Å². The molecule has 0 saturated carbocycles. The fourth-order valence-electron chi connectivity index (χ4n) is 2.13. The summed E-state index contributed by atoms with van der Waals surface area (Å²) < 4.78 is 0. The summed E-state index contributed by atoms with van der Waals surface area (Å²) in [5, 5.41) is 3.64. The second kappa shape index (κ2) is 11.7. The van der Waals surface area contributed by atoms with Crippen LogP contribution in [0.5, 0.6) is 0 Å². The standard InChI is InChI=1S/C17H38N2/c1-16(17(2,3)4)19-15-13-11-9-7-5-6-8-10-12-14-18/h16,19H,5-15,18H2,1-4H3. The van der Waals surface area contributed by atoms with Crippen LogP contribution in [0.1, 0.15) is 85.5 Å². The lowest BCUT2D eigenvalue weighted by molar-refractivity contribution is 0.285. The lowest BCUT2D eigenvalue weighted by Gasteiger charge is -2.28. The number of hydrogen-bond acceptors (Lipinski definition) is 2. The molecule has 0 aliphatic rings. The van der Waals surface area contributed by atoms with Crippen molar-refractivity contribution < 1.29 is 0 Å². The van der Waals surface area contributed by atoms with Gasteiger partial charge in [0, 0.05) is 6.04 Å². The predicted molar refractivity (Wildman–Crippen MR) is 87.5 cm³/mol. The minimum atomic E-state index is 0.379. The maximum Gasteiger partial charge on any atom is 0.00872 e. The first kappa shape index (κ1) is 18.9. The second-order valence-corrected chi connectivity index (χ2v) is 7.01. The van der Waals surface area contributed by atoms with Gasteiger partial charge in [-0.25, -0.2) is 0 Å². The summed E-state index contributed by atoms with van der Waals surface area (Å²) in [6.45, 7) is 11.2. The molecule has 3 N–H and O–H groups in total. The molecule has 0 radical (unpaired) electrons. The normalized spacial score (nSPS) is 13.7. The SMILES string of the molecule is CC(NCCCCCCCCCCCN)C(C)(C)C. The minimum absolute atomic E-state index is 0.379. The zero-order valence-electron chi connectivity index (χ0n) is 13.9. The molecule has 0 fully saturated rings. The number of hydrogen-bond donors (Lipinski definition) is 2. The van der Waals surface area contributed by atoms with Crippen LogP contribution in [0.4, 0.5) is 0 Å². The third-order valence-electron chi connectivity index (χ3n) is 4.13. The van der Waals surface area contributed by atoms with Gasteiger partial charge in [0.2, 0.25) is 0 Å².